The molecule has 1 atom stereocenters. The van der Waals surface area contributed by atoms with E-state index in [9.17, 15) is 9.59 Å². The number of nitrogens with one attached hydrogen (secondary N) is 3. The zero-order valence-electron chi connectivity index (χ0n) is 14.1. The lowest BCUT2D eigenvalue weighted by molar-refractivity contribution is -0.120. The molecule has 122 valence electrons. The number of rotatable bonds is 6. The summed E-state index contributed by atoms with van der Waals surface area (Å²) < 4.78 is 0. The van der Waals surface area contributed by atoms with Crippen LogP contribution in [0.4, 0.5) is 5.69 Å². The van der Waals surface area contributed by atoms with Crippen molar-refractivity contribution in [1.82, 2.24) is 10.6 Å². The normalized spacial score (nSPS) is 12.4. The molecule has 2 amide bonds. The third-order valence-electron chi connectivity index (χ3n) is 3.09. The first-order valence-electron chi connectivity index (χ1n) is 7.67. The van der Waals surface area contributed by atoms with Crippen molar-refractivity contribution in [3.05, 3.63) is 29.8 Å². The SMILES string of the molecule is CCC(C)NC(=O)CNc1cccc(C(=O)NC(C)(C)C)c1. The van der Waals surface area contributed by atoms with Crippen LogP contribution in [0.3, 0.4) is 0 Å². The molecule has 1 aromatic rings. The number of hydrogen-bond donors (Lipinski definition) is 3. The lowest BCUT2D eigenvalue weighted by atomic mass is 10.1. The van der Waals surface area contributed by atoms with Crippen LogP contribution in [-0.2, 0) is 4.79 Å². The Morgan fingerprint density at radius 2 is 1.91 bits per heavy atom. The van der Waals surface area contributed by atoms with E-state index >= 15 is 0 Å². The van der Waals surface area contributed by atoms with Crippen molar-refractivity contribution in [3.8, 4) is 0 Å². The van der Waals surface area contributed by atoms with Crippen LogP contribution >= 0.6 is 0 Å². The van der Waals surface area contributed by atoms with Crippen LogP contribution in [0.5, 0.6) is 0 Å². The second-order valence-electron chi connectivity index (χ2n) is 6.52. The summed E-state index contributed by atoms with van der Waals surface area (Å²) in [6.45, 7) is 9.99. The van der Waals surface area contributed by atoms with Crippen molar-refractivity contribution < 1.29 is 9.59 Å². The highest BCUT2D eigenvalue weighted by atomic mass is 16.2. The molecule has 1 unspecified atom stereocenters. The van der Waals surface area contributed by atoms with Gasteiger partial charge in [0.05, 0.1) is 6.54 Å². The van der Waals surface area contributed by atoms with Gasteiger partial charge in [0.25, 0.3) is 5.91 Å². The zero-order valence-corrected chi connectivity index (χ0v) is 14.1. The molecule has 0 aliphatic carbocycles. The maximum Gasteiger partial charge on any atom is 0.251 e. The fourth-order valence-corrected chi connectivity index (χ4v) is 1.79. The van der Waals surface area contributed by atoms with Crippen LogP contribution in [-0.4, -0.2) is 29.9 Å². The molecule has 5 nitrogen and oxygen atoms in total. The summed E-state index contributed by atoms with van der Waals surface area (Å²) in [4.78, 5) is 23.9. The Balaban J connectivity index is 2.61. The average Bonchev–Trinajstić information content (AvgIpc) is 2.43. The summed E-state index contributed by atoms with van der Waals surface area (Å²) in [5, 5.41) is 8.84. The lowest BCUT2D eigenvalue weighted by Gasteiger charge is -2.20. The second kappa shape index (κ2) is 7.82. The van der Waals surface area contributed by atoms with Crippen LogP contribution in [0.1, 0.15) is 51.4 Å². The molecular formula is C17H27N3O2. The summed E-state index contributed by atoms with van der Waals surface area (Å²) in [6.07, 6.45) is 0.897. The Labute approximate surface area is 132 Å². The van der Waals surface area contributed by atoms with E-state index in [2.05, 4.69) is 16.0 Å². The highest BCUT2D eigenvalue weighted by Crippen LogP contribution is 2.11. The highest BCUT2D eigenvalue weighted by Gasteiger charge is 2.15. The quantitative estimate of drug-likeness (QED) is 0.756. The van der Waals surface area contributed by atoms with Crippen molar-refractivity contribution in [2.45, 2.75) is 52.6 Å². The minimum absolute atomic E-state index is 0.0566. The zero-order chi connectivity index (χ0) is 16.8. The summed E-state index contributed by atoms with van der Waals surface area (Å²) in [5.74, 6) is -0.181. The summed E-state index contributed by atoms with van der Waals surface area (Å²) in [7, 11) is 0. The van der Waals surface area contributed by atoms with E-state index in [1.807, 2.05) is 40.7 Å². The molecule has 0 fully saturated rings. The van der Waals surface area contributed by atoms with Crippen molar-refractivity contribution in [1.29, 1.82) is 0 Å². The fraction of sp³-hybridized carbons (Fsp3) is 0.529. The van der Waals surface area contributed by atoms with Gasteiger partial charge in [0, 0.05) is 22.8 Å². The number of carbonyl (C=O) groups is 2. The Bertz CT molecular complexity index is 521. The molecule has 0 aliphatic heterocycles. The van der Waals surface area contributed by atoms with Crippen molar-refractivity contribution in [2.75, 3.05) is 11.9 Å². The Kier molecular flexibility index (Phi) is 6.40. The molecule has 0 spiro atoms. The maximum atomic E-state index is 12.1. The fourth-order valence-electron chi connectivity index (χ4n) is 1.79. The predicted octanol–water partition coefficient (Wildman–Crippen LogP) is 2.54. The standard InChI is InChI=1S/C17H27N3O2/c1-6-12(2)19-15(21)11-18-14-9-7-8-13(10-14)16(22)20-17(3,4)5/h7-10,12,18H,6,11H2,1-5H3,(H,19,21)(H,20,22). The van der Waals surface area contributed by atoms with Crippen molar-refractivity contribution >= 4 is 17.5 Å². The second-order valence-corrected chi connectivity index (χ2v) is 6.52. The van der Waals surface area contributed by atoms with E-state index in [1.54, 1.807) is 18.2 Å². The third-order valence-corrected chi connectivity index (χ3v) is 3.09. The minimum Gasteiger partial charge on any atom is -0.376 e. The van der Waals surface area contributed by atoms with Gasteiger partial charge in [-0.2, -0.15) is 0 Å². The largest absolute Gasteiger partial charge is 0.376 e. The Morgan fingerprint density at radius 1 is 1.23 bits per heavy atom. The summed E-state index contributed by atoms with van der Waals surface area (Å²) in [6, 6.07) is 7.30. The van der Waals surface area contributed by atoms with Gasteiger partial charge in [-0.3, -0.25) is 9.59 Å². The van der Waals surface area contributed by atoms with Crippen LogP contribution in [0.15, 0.2) is 24.3 Å². The number of anilines is 1. The number of benzene rings is 1. The van der Waals surface area contributed by atoms with E-state index in [-0.39, 0.29) is 29.9 Å². The maximum absolute atomic E-state index is 12.1. The van der Waals surface area contributed by atoms with Crippen molar-refractivity contribution in [2.24, 2.45) is 0 Å². The first kappa shape index (κ1) is 18.0. The molecule has 0 saturated heterocycles. The number of hydrogen-bond acceptors (Lipinski definition) is 3. The molecule has 3 N–H and O–H groups in total. The van der Waals surface area contributed by atoms with Gasteiger partial charge in [0.15, 0.2) is 0 Å². The molecule has 0 saturated carbocycles. The topological polar surface area (TPSA) is 70.2 Å². The summed E-state index contributed by atoms with van der Waals surface area (Å²) >= 11 is 0. The minimum atomic E-state index is -0.281. The Morgan fingerprint density at radius 3 is 2.50 bits per heavy atom. The molecule has 0 heterocycles. The van der Waals surface area contributed by atoms with E-state index < -0.39 is 0 Å². The van der Waals surface area contributed by atoms with Crippen LogP contribution in [0, 0.1) is 0 Å². The van der Waals surface area contributed by atoms with Gasteiger partial charge in [0.1, 0.15) is 0 Å². The predicted molar refractivity (Wildman–Crippen MR) is 90.0 cm³/mol. The number of carbonyl (C=O) groups excluding carboxylic acids is 2. The molecule has 0 aliphatic rings. The molecule has 1 aromatic carbocycles. The molecule has 5 heteroatoms. The first-order valence-corrected chi connectivity index (χ1v) is 7.67. The molecule has 22 heavy (non-hydrogen) atoms. The van der Waals surface area contributed by atoms with Gasteiger partial charge < -0.3 is 16.0 Å². The molecule has 0 bridgehead atoms. The van der Waals surface area contributed by atoms with E-state index in [4.69, 9.17) is 0 Å². The van der Waals surface area contributed by atoms with E-state index in [0.717, 1.165) is 12.1 Å². The van der Waals surface area contributed by atoms with E-state index in [0.29, 0.717) is 5.56 Å². The van der Waals surface area contributed by atoms with Crippen LogP contribution in [0.25, 0.3) is 0 Å². The summed E-state index contributed by atoms with van der Waals surface area (Å²) in [5.41, 5.74) is 1.04. The average molecular weight is 305 g/mol. The monoisotopic (exact) mass is 305 g/mol. The number of amides is 2. The van der Waals surface area contributed by atoms with Gasteiger partial charge in [0.2, 0.25) is 5.91 Å². The van der Waals surface area contributed by atoms with Crippen molar-refractivity contribution in [3.63, 3.8) is 0 Å². The van der Waals surface area contributed by atoms with Gasteiger partial charge in [-0.25, -0.2) is 0 Å². The first-order chi connectivity index (χ1) is 10.2. The van der Waals surface area contributed by atoms with Crippen LogP contribution < -0.4 is 16.0 Å². The molecule has 0 aromatic heterocycles. The molecule has 0 radical (unpaired) electrons. The third kappa shape index (κ3) is 6.61. The Hall–Kier alpha value is -2.04. The smallest absolute Gasteiger partial charge is 0.251 e. The lowest BCUT2D eigenvalue weighted by Crippen LogP contribution is -2.40. The van der Waals surface area contributed by atoms with Gasteiger partial charge >= 0.3 is 0 Å². The van der Waals surface area contributed by atoms with Gasteiger partial charge in [-0.1, -0.05) is 13.0 Å². The van der Waals surface area contributed by atoms with Gasteiger partial charge in [-0.05, 0) is 52.3 Å². The molecular weight excluding hydrogens is 278 g/mol. The van der Waals surface area contributed by atoms with Gasteiger partial charge in [-0.15, -0.1) is 0 Å². The van der Waals surface area contributed by atoms with Crippen LogP contribution in [0.2, 0.25) is 0 Å². The highest BCUT2D eigenvalue weighted by molar-refractivity contribution is 5.95. The van der Waals surface area contributed by atoms with E-state index in [1.165, 1.54) is 0 Å². The molecule has 1 rings (SSSR count).